The summed E-state index contributed by atoms with van der Waals surface area (Å²) in [4.78, 5) is 38.9. The van der Waals surface area contributed by atoms with Crippen LogP contribution in [0.15, 0.2) is 60.7 Å². The van der Waals surface area contributed by atoms with Gasteiger partial charge in [-0.1, -0.05) is 48.5 Å². The molecule has 1 saturated heterocycles. The maximum Gasteiger partial charge on any atom is 0.251 e. The molecule has 1 heterocycles. The van der Waals surface area contributed by atoms with Crippen LogP contribution in [0.3, 0.4) is 0 Å². The second-order valence-electron chi connectivity index (χ2n) is 7.08. The fourth-order valence-electron chi connectivity index (χ4n) is 3.49. The molecule has 0 aromatic heterocycles. The number of carbonyl (C=O) groups is 3. The number of nitrogens with one attached hydrogen (secondary N) is 1. The maximum atomic E-state index is 13.1. The number of nitrogens with zero attached hydrogens (tertiary/aromatic N) is 1. The number of carbonyl (C=O) groups excluding carboxylic acids is 3. The molecule has 3 N–H and O–H groups in total. The van der Waals surface area contributed by atoms with Gasteiger partial charge in [0.2, 0.25) is 11.8 Å². The van der Waals surface area contributed by atoms with Crippen molar-refractivity contribution in [2.45, 2.75) is 25.3 Å². The van der Waals surface area contributed by atoms with Gasteiger partial charge in [-0.05, 0) is 30.5 Å². The van der Waals surface area contributed by atoms with E-state index in [0.717, 1.165) is 5.56 Å². The zero-order valence-corrected chi connectivity index (χ0v) is 15.7. The molecule has 1 aliphatic heterocycles. The Hall–Kier alpha value is -3.15. The van der Waals surface area contributed by atoms with E-state index in [-0.39, 0.29) is 23.6 Å². The molecule has 6 heteroatoms. The molecule has 1 unspecified atom stereocenters. The minimum Gasteiger partial charge on any atom is -0.369 e. The molecule has 146 valence electrons. The monoisotopic (exact) mass is 379 g/mol. The number of rotatable bonds is 6. The average molecular weight is 379 g/mol. The Bertz CT molecular complexity index is 815. The van der Waals surface area contributed by atoms with Gasteiger partial charge in [0.1, 0.15) is 6.04 Å². The number of piperidine rings is 1. The highest BCUT2D eigenvalue weighted by Crippen LogP contribution is 2.18. The van der Waals surface area contributed by atoms with Crippen molar-refractivity contribution in [2.24, 2.45) is 11.7 Å². The third-order valence-electron chi connectivity index (χ3n) is 5.13. The van der Waals surface area contributed by atoms with Crippen molar-refractivity contribution < 1.29 is 14.4 Å². The Balaban J connectivity index is 1.73. The molecule has 28 heavy (non-hydrogen) atoms. The van der Waals surface area contributed by atoms with E-state index in [2.05, 4.69) is 5.32 Å². The van der Waals surface area contributed by atoms with E-state index in [1.54, 1.807) is 29.2 Å². The van der Waals surface area contributed by atoms with Gasteiger partial charge < -0.3 is 16.0 Å². The number of nitrogens with two attached hydrogens (primary N) is 1. The minimum absolute atomic E-state index is 0.129. The Kier molecular flexibility index (Phi) is 6.42. The van der Waals surface area contributed by atoms with E-state index in [1.807, 2.05) is 36.4 Å². The second kappa shape index (κ2) is 9.17. The Morgan fingerprint density at radius 2 is 1.54 bits per heavy atom. The first-order valence-electron chi connectivity index (χ1n) is 9.52. The number of hydrogen-bond donors (Lipinski definition) is 2. The van der Waals surface area contributed by atoms with Crippen molar-refractivity contribution in [3.8, 4) is 0 Å². The average Bonchev–Trinajstić information content (AvgIpc) is 2.74. The normalized spacial score (nSPS) is 15.6. The Morgan fingerprint density at radius 3 is 2.11 bits per heavy atom. The van der Waals surface area contributed by atoms with Crippen molar-refractivity contribution in [1.29, 1.82) is 0 Å². The van der Waals surface area contributed by atoms with E-state index in [9.17, 15) is 14.4 Å². The number of hydrogen-bond acceptors (Lipinski definition) is 3. The SMILES string of the molecule is NC(=O)C1CCN(C(=O)C(Cc2ccccc2)NC(=O)c2ccccc2)CC1. The van der Waals surface area contributed by atoms with Crippen LogP contribution < -0.4 is 11.1 Å². The molecular weight excluding hydrogens is 354 g/mol. The summed E-state index contributed by atoms with van der Waals surface area (Å²) in [5.41, 5.74) is 6.87. The van der Waals surface area contributed by atoms with E-state index in [4.69, 9.17) is 5.73 Å². The number of benzene rings is 2. The lowest BCUT2D eigenvalue weighted by molar-refractivity contribution is -0.136. The standard InChI is InChI=1S/C22H25N3O3/c23-20(26)17-11-13-25(14-12-17)22(28)19(15-16-7-3-1-4-8-16)24-21(27)18-9-5-2-6-10-18/h1-10,17,19H,11-15H2,(H2,23,26)(H,24,27). The van der Waals surface area contributed by atoms with Gasteiger partial charge in [-0.15, -0.1) is 0 Å². The Labute approximate surface area is 164 Å². The van der Waals surface area contributed by atoms with E-state index < -0.39 is 6.04 Å². The van der Waals surface area contributed by atoms with Gasteiger partial charge in [0.05, 0.1) is 0 Å². The Morgan fingerprint density at radius 1 is 0.964 bits per heavy atom. The van der Waals surface area contributed by atoms with Gasteiger partial charge in [0.25, 0.3) is 5.91 Å². The lowest BCUT2D eigenvalue weighted by Gasteiger charge is -2.33. The van der Waals surface area contributed by atoms with Crippen LogP contribution in [0, 0.1) is 5.92 Å². The molecule has 3 amide bonds. The largest absolute Gasteiger partial charge is 0.369 e. The fourth-order valence-corrected chi connectivity index (χ4v) is 3.49. The van der Waals surface area contributed by atoms with Crippen LogP contribution in [0.2, 0.25) is 0 Å². The number of amides is 3. The smallest absolute Gasteiger partial charge is 0.251 e. The quantitative estimate of drug-likeness (QED) is 0.801. The zero-order chi connectivity index (χ0) is 19.9. The summed E-state index contributed by atoms with van der Waals surface area (Å²) in [5.74, 6) is -0.904. The molecular formula is C22H25N3O3. The summed E-state index contributed by atoms with van der Waals surface area (Å²) < 4.78 is 0. The van der Waals surface area contributed by atoms with E-state index >= 15 is 0 Å². The lowest BCUT2D eigenvalue weighted by atomic mass is 9.95. The highest BCUT2D eigenvalue weighted by Gasteiger charge is 2.31. The first-order valence-corrected chi connectivity index (χ1v) is 9.52. The minimum atomic E-state index is -0.666. The molecule has 2 aromatic carbocycles. The second-order valence-corrected chi connectivity index (χ2v) is 7.08. The van der Waals surface area contributed by atoms with Gasteiger partial charge in [0, 0.05) is 31.0 Å². The van der Waals surface area contributed by atoms with Crippen LogP contribution in [-0.4, -0.2) is 41.8 Å². The van der Waals surface area contributed by atoms with Crippen molar-refractivity contribution in [1.82, 2.24) is 10.2 Å². The predicted octanol–water partition coefficient (Wildman–Crippen LogP) is 1.75. The van der Waals surface area contributed by atoms with Crippen LogP contribution in [-0.2, 0) is 16.0 Å². The molecule has 0 spiro atoms. The molecule has 3 rings (SSSR count). The lowest BCUT2D eigenvalue weighted by Crippen LogP contribution is -2.52. The van der Waals surface area contributed by atoms with Crippen LogP contribution in [0.4, 0.5) is 0 Å². The summed E-state index contributed by atoms with van der Waals surface area (Å²) in [5, 5.41) is 2.89. The molecule has 0 bridgehead atoms. The summed E-state index contributed by atoms with van der Waals surface area (Å²) >= 11 is 0. The molecule has 0 aliphatic carbocycles. The van der Waals surface area contributed by atoms with Gasteiger partial charge >= 0.3 is 0 Å². The topological polar surface area (TPSA) is 92.5 Å². The third-order valence-corrected chi connectivity index (χ3v) is 5.13. The molecule has 2 aromatic rings. The molecule has 1 atom stereocenters. The van der Waals surface area contributed by atoms with Crippen molar-refractivity contribution in [2.75, 3.05) is 13.1 Å². The molecule has 1 fully saturated rings. The number of primary amides is 1. The maximum absolute atomic E-state index is 13.1. The highest BCUT2D eigenvalue weighted by molar-refractivity contribution is 5.97. The van der Waals surface area contributed by atoms with Gasteiger partial charge in [-0.25, -0.2) is 0 Å². The van der Waals surface area contributed by atoms with Crippen LogP contribution in [0.5, 0.6) is 0 Å². The molecule has 6 nitrogen and oxygen atoms in total. The van der Waals surface area contributed by atoms with Gasteiger partial charge in [-0.2, -0.15) is 0 Å². The third kappa shape index (κ3) is 4.97. The first-order chi connectivity index (χ1) is 13.5. The van der Waals surface area contributed by atoms with Crippen LogP contribution in [0.25, 0.3) is 0 Å². The summed E-state index contributed by atoms with van der Waals surface area (Å²) in [6, 6.07) is 17.8. The molecule has 0 saturated carbocycles. The first kappa shape index (κ1) is 19.6. The van der Waals surface area contributed by atoms with Crippen molar-refractivity contribution in [3.63, 3.8) is 0 Å². The van der Waals surface area contributed by atoms with Crippen molar-refractivity contribution >= 4 is 17.7 Å². The van der Waals surface area contributed by atoms with E-state index in [0.29, 0.717) is 37.9 Å². The molecule has 1 aliphatic rings. The highest BCUT2D eigenvalue weighted by atomic mass is 16.2. The molecule has 0 radical (unpaired) electrons. The summed E-state index contributed by atoms with van der Waals surface area (Å²) in [6.45, 7) is 0.942. The van der Waals surface area contributed by atoms with E-state index in [1.165, 1.54) is 0 Å². The van der Waals surface area contributed by atoms with Crippen molar-refractivity contribution in [3.05, 3.63) is 71.8 Å². The van der Waals surface area contributed by atoms with Gasteiger partial charge in [-0.3, -0.25) is 14.4 Å². The van der Waals surface area contributed by atoms with Crippen LogP contribution in [0.1, 0.15) is 28.8 Å². The summed E-state index contributed by atoms with van der Waals surface area (Å²) in [7, 11) is 0. The predicted molar refractivity (Wildman–Crippen MR) is 106 cm³/mol. The van der Waals surface area contributed by atoms with Crippen LogP contribution >= 0.6 is 0 Å². The summed E-state index contributed by atoms with van der Waals surface area (Å²) in [6.07, 6.45) is 1.53. The number of likely N-dealkylation sites (tertiary alicyclic amines) is 1. The fraction of sp³-hybridized carbons (Fsp3) is 0.318. The van der Waals surface area contributed by atoms with Gasteiger partial charge in [0.15, 0.2) is 0 Å². The zero-order valence-electron chi connectivity index (χ0n) is 15.7.